The number of carbonyl (C=O) groups is 1. The summed E-state index contributed by atoms with van der Waals surface area (Å²) >= 11 is 11.0. The molecule has 2 heterocycles. The number of halogens is 2. The minimum atomic E-state index is -3.09. The summed E-state index contributed by atoms with van der Waals surface area (Å²) in [5, 5.41) is 0.942. The second-order valence-corrected chi connectivity index (χ2v) is 11.4. The summed E-state index contributed by atoms with van der Waals surface area (Å²) in [6.07, 6.45) is 0.101. The number of anilines is 1. The average Bonchev–Trinajstić information content (AvgIpc) is 3.07. The standard InChI is InChI=1S/C19H16BrClN2O3S2/c20-13-5-3-6-14(9-13)23-16-10-28(25,26)11-17(16)27-19(23)22-18(24)8-12-4-1-2-7-15(12)21/h1-7,9,16-17H,8,10-11H2. The molecule has 146 valence electrons. The van der Waals surface area contributed by atoms with Crippen molar-refractivity contribution >= 4 is 65.9 Å². The Morgan fingerprint density at radius 3 is 2.75 bits per heavy atom. The van der Waals surface area contributed by atoms with E-state index < -0.39 is 9.84 Å². The first kappa shape index (κ1) is 19.9. The van der Waals surface area contributed by atoms with Crippen LogP contribution in [0, 0.1) is 0 Å². The van der Waals surface area contributed by atoms with Crippen LogP contribution in [0.3, 0.4) is 0 Å². The topological polar surface area (TPSA) is 66.8 Å². The Bertz CT molecular complexity index is 1070. The lowest BCUT2D eigenvalue weighted by Crippen LogP contribution is -2.37. The van der Waals surface area contributed by atoms with Crippen molar-refractivity contribution in [3.8, 4) is 0 Å². The first-order chi connectivity index (χ1) is 13.3. The molecule has 2 atom stereocenters. The molecule has 9 heteroatoms. The largest absolute Gasteiger partial charge is 0.316 e. The number of thioether (sulfide) groups is 1. The van der Waals surface area contributed by atoms with Gasteiger partial charge in [0.15, 0.2) is 15.0 Å². The van der Waals surface area contributed by atoms with Crippen molar-refractivity contribution in [3.05, 3.63) is 63.6 Å². The van der Waals surface area contributed by atoms with Gasteiger partial charge in [-0.25, -0.2) is 8.42 Å². The number of carbonyl (C=O) groups excluding carboxylic acids is 1. The Morgan fingerprint density at radius 2 is 2.00 bits per heavy atom. The van der Waals surface area contributed by atoms with Gasteiger partial charge in [0.25, 0.3) is 5.91 Å². The summed E-state index contributed by atoms with van der Waals surface area (Å²) in [5.74, 6) is -0.141. The highest BCUT2D eigenvalue weighted by Gasteiger charge is 2.49. The van der Waals surface area contributed by atoms with E-state index in [-0.39, 0.29) is 35.1 Å². The molecule has 2 fully saturated rings. The van der Waals surface area contributed by atoms with E-state index in [0.29, 0.717) is 10.2 Å². The van der Waals surface area contributed by atoms with Crippen LogP contribution in [0.4, 0.5) is 5.69 Å². The Balaban J connectivity index is 1.66. The molecular weight excluding hydrogens is 484 g/mol. The van der Waals surface area contributed by atoms with E-state index in [4.69, 9.17) is 11.6 Å². The number of hydrogen-bond donors (Lipinski definition) is 0. The third-order valence-electron chi connectivity index (χ3n) is 4.67. The fourth-order valence-corrected chi connectivity index (χ4v) is 7.96. The van der Waals surface area contributed by atoms with Crippen molar-refractivity contribution in [3.63, 3.8) is 0 Å². The van der Waals surface area contributed by atoms with E-state index in [9.17, 15) is 13.2 Å². The van der Waals surface area contributed by atoms with Crippen LogP contribution >= 0.6 is 39.3 Å². The summed E-state index contributed by atoms with van der Waals surface area (Å²) in [7, 11) is -3.09. The van der Waals surface area contributed by atoms with Crippen molar-refractivity contribution in [2.24, 2.45) is 4.99 Å². The molecular formula is C19H16BrClN2O3S2. The molecule has 2 aliphatic heterocycles. The van der Waals surface area contributed by atoms with E-state index in [0.717, 1.165) is 15.7 Å². The zero-order chi connectivity index (χ0) is 19.9. The third kappa shape index (κ3) is 4.15. The molecule has 2 aromatic carbocycles. The summed E-state index contributed by atoms with van der Waals surface area (Å²) in [4.78, 5) is 18.8. The number of amidine groups is 1. The number of benzene rings is 2. The fourth-order valence-electron chi connectivity index (χ4n) is 3.44. The molecule has 0 N–H and O–H groups in total. The number of hydrogen-bond acceptors (Lipinski definition) is 4. The lowest BCUT2D eigenvalue weighted by molar-refractivity contribution is -0.117. The molecule has 5 nitrogen and oxygen atoms in total. The van der Waals surface area contributed by atoms with Crippen LogP contribution in [-0.4, -0.2) is 42.3 Å². The average molecular weight is 500 g/mol. The van der Waals surface area contributed by atoms with Gasteiger partial charge in [-0.05, 0) is 29.8 Å². The Labute approximate surface area is 181 Å². The second kappa shape index (κ2) is 7.82. The summed E-state index contributed by atoms with van der Waals surface area (Å²) < 4.78 is 25.1. The van der Waals surface area contributed by atoms with Crippen LogP contribution in [-0.2, 0) is 21.1 Å². The Hall–Kier alpha value is -1.35. The van der Waals surface area contributed by atoms with Crippen LogP contribution in [0.25, 0.3) is 0 Å². The number of aliphatic imine (C=N–C) groups is 1. The highest BCUT2D eigenvalue weighted by Crippen LogP contribution is 2.41. The van der Waals surface area contributed by atoms with Crippen molar-refractivity contribution in [2.75, 3.05) is 16.4 Å². The van der Waals surface area contributed by atoms with E-state index in [1.807, 2.05) is 41.3 Å². The van der Waals surface area contributed by atoms with Crippen LogP contribution in [0.1, 0.15) is 5.56 Å². The number of rotatable bonds is 3. The molecule has 1 amide bonds. The van der Waals surface area contributed by atoms with Crippen molar-refractivity contribution in [2.45, 2.75) is 17.7 Å². The number of fused-ring (bicyclic) bond motifs is 1. The smallest absolute Gasteiger partial charge is 0.252 e. The zero-order valence-corrected chi connectivity index (χ0v) is 18.6. The van der Waals surface area contributed by atoms with Gasteiger partial charge in [-0.15, -0.1) is 0 Å². The highest BCUT2D eigenvalue weighted by atomic mass is 79.9. The Kier molecular flexibility index (Phi) is 5.57. The van der Waals surface area contributed by atoms with Gasteiger partial charge in [0.2, 0.25) is 0 Å². The summed E-state index contributed by atoms with van der Waals surface area (Å²) in [6, 6.07) is 14.5. The highest BCUT2D eigenvalue weighted by molar-refractivity contribution is 9.10. The van der Waals surface area contributed by atoms with Gasteiger partial charge in [0.1, 0.15) is 0 Å². The Morgan fingerprint density at radius 1 is 1.21 bits per heavy atom. The molecule has 0 radical (unpaired) electrons. The summed E-state index contributed by atoms with van der Waals surface area (Å²) in [5.41, 5.74) is 1.54. The van der Waals surface area contributed by atoms with Crippen LogP contribution in [0.2, 0.25) is 5.02 Å². The molecule has 0 aliphatic carbocycles. The van der Waals surface area contributed by atoms with Gasteiger partial charge < -0.3 is 4.90 Å². The number of amides is 1. The lowest BCUT2D eigenvalue weighted by Gasteiger charge is -2.24. The van der Waals surface area contributed by atoms with Gasteiger partial charge in [-0.2, -0.15) is 4.99 Å². The van der Waals surface area contributed by atoms with Gasteiger partial charge in [0, 0.05) is 20.4 Å². The predicted octanol–water partition coefficient (Wildman–Crippen LogP) is 3.95. The molecule has 2 saturated heterocycles. The summed E-state index contributed by atoms with van der Waals surface area (Å²) in [6.45, 7) is 0. The molecule has 2 unspecified atom stereocenters. The van der Waals surface area contributed by atoms with Gasteiger partial charge in [0.05, 0.1) is 24.0 Å². The van der Waals surface area contributed by atoms with E-state index in [2.05, 4.69) is 20.9 Å². The van der Waals surface area contributed by atoms with Gasteiger partial charge in [-0.3, -0.25) is 4.79 Å². The van der Waals surface area contributed by atoms with Crippen LogP contribution in [0.15, 0.2) is 58.0 Å². The van der Waals surface area contributed by atoms with Gasteiger partial charge >= 0.3 is 0 Å². The predicted molar refractivity (Wildman–Crippen MR) is 118 cm³/mol. The molecule has 2 aliphatic rings. The monoisotopic (exact) mass is 498 g/mol. The normalized spacial score (nSPS) is 24.5. The van der Waals surface area contributed by atoms with E-state index in [1.54, 1.807) is 12.1 Å². The van der Waals surface area contributed by atoms with Crippen LogP contribution in [0.5, 0.6) is 0 Å². The lowest BCUT2D eigenvalue weighted by atomic mass is 10.1. The molecule has 28 heavy (non-hydrogen) atoms. The van der Waals surface area contributed by atoms with Crippen molar-refractivity contribution in [1.29, 1.82) is 0 Å². The van der Waals surface area contributed by atoms with E-state index >= 15 is 0 Å². The maximum absolute atomic E-state index is 12.6. The minimum absolute atomic E-state index is 0.0644. The van der Waals surface area contributed by atoms with Crippen molar-refractivity contribution in [1.82, 2.24) is 0 Å². The number of sulfone groups is 1. The first-order valence-electron chi connectivity index (χ1n) is 8.59. The third-order valence-corrected chi connectivity index (χ3v) is 8.74. The molecule has 0 saturated carbocycles. The zero-order valence-electron chi connectivity index (χ0n) is 14.6. The second-order valence-electron chi connectivity index (χ2n) is 6.71. The minimum Gasteiger partial charge on any atom is -0.316 e. The van der Waals surface area contributed by atoms with Crippen molar-refractivity contribution < 1.29 is 13.2 Å². The molecule has 0 bridgehead atoms. The SMILES string of the molecule is O=C(Cc1ccccc1Cl)N=C1SC2CS(=O)(=O)CC2N1c1cccc(Br)c1. The molecule has 0 spiro atoms. The quantitative estimate of drug-likeness (QED) is 0.640. The number of nitrogens with zero attached hydrogens (tertiary/aromatic N) is 2. The van der Waals surface area contributed by atoms with Crippen LogP contribution < -0.4 is 4.90 Å². The molecule has 0 aromatic heterocycles. The fraction of sp³-hybridized carbons (Fsp3) is 0.263. The molecule has 2 aromatic rings. The molecule has 4 rings (SSSR count). The maximum Gasteiger partial charge on any atom is 0.252 e. The first-order valence-corrected chi connectivity index (χ1v) is 12.5. The van der Waals surface area contributed by atoms with Gasteiger partial charge in [-0.1, -0.05) is 63.6 Å². The van der Waals surface area contributed by atoms with E-state index in [1.165, 1.54) is 11.8 Å². The maximum atomic E-state index is 12.6.